The molecule has 1 atom stereocenters. The summed E-state index contributed by atoms with van der Waals surface area (Å²) in [4.78, 5) is 8.18. The molecule has 3 rings (SSSR count). The van der Waals surface area contributed by atoms with E-state index in [0.717, 1.165) is 36.0 Å². The van der Waals surface area contributed by atoms with Gasteiger partial charge in [0.15, 0.2) is 5.82 Å². The summed E-state index contributed by atoms with van der Waals surface area (Å²) in [6.07, 6.45) is 3.48. The number of hydrogen-bond donors (Lipinski definition) is 1. The third-order valence-corrected chi connectivity index (χ3v) is 3.54. The largest absolute Gasteiger partial charge is 0.340 e. The van der Waals surface area contributed by atoms with E-state index < -0.39 is 0 Å². The summed E-state index contributed by atoms with van der Waals surface area (Å²) in [5, 5.41) is 4.37. The maximum atomic E-state index is 4.71. The van der Waals surface area contributed by atoms with Crippen LogP contribution in [0.15, 0.2) is 6.07 Å². The molecule has 1 aliphatic carbocycles. The number of aromatic nitrogens is 4. The molecule has 2 aromatic heterocycles. The fourth-order valence-corrected chi connectivity index (χ4v) is 2.61. The number of hydrogen-bond acceptors (Lipinski definition) is 2. The molecule has 0 fully saturated rings. The van der Waals surface area contributed by atoms with E-state index in [1.165, 1.54) is 17.8 Å². The highest BCUT2D eigenvalue weighted by atomic mass is 15.3. The van der Waals surface area contributed by atoms with E-state index in [9.17, 15) is 0 Å². The highest BCUT2D eigenvalue weighted by Crippen LogP contribution is 2.26. The zero-order chi connectivity index (χ0) is 12.0. The molecule has 0 aliphatic heterocycles. The van der Waals surface area contributed by atoms with Crippen molar-refractivity contribution in [1.82, 2.24) is 19.7 Å². The first kappa shape index (κ1) is 10.6. The number of nitrogens with zero attached hydrogens (tertiary/aromatic N) is 3. The number of H-pyrrole nitrogens is 1. The fourth-order valence-electron chi connectivity index (χ4n) is 2.61. The number of nitrogens with one attached hydrogen (secondary N) is 1. The van der Waals surface area contributed by atoms with E-state index in [4.69, 9.17) is 4.98 Å². The van der Waals surface area contributed by atoms with Crippen molar-refractivity contribution in [2.45, 2.75) is 33.1 Å². The summed E-state index contributed by atoms with van der Waals surface area (Å²) < 4.78 is 1.89. The lowest BCUT2D eigenvalue weighted by Gasteiger charge is -2.15. The van der Waals surface area contributed by atoms with Crippen LogP contribution in [0, 0.1) is 12.8 Å². The Morgan fingerprint density at radius 2 is 2.29 bits per heavy atom. The average Bonchev–Trinajstić information content (AvgIpc) is 2.80. The maximum absolute atomic E-state index is 4.71. The Morgan fingerprint density at radius 1 is 1.47 bits per heavy atom. The Morgan fingerprint density at radius 3 is 3.00 bits per heavy atom. The predicted molar refractivity (Wildman–Crippen MR) is 66.7 cm³/mol. The van der Waals surface area contributed by atoms with Crippen molar-refractivity contribution in [3.8, 4) is 11.5 Å². The molecule has 1 aliphatic rings. The monoisotopic (exact) mass is 230 g/mol. The molecule has 1 N–H and O–H groups in total. The minimum atomic E-state index is 0.768. The van der Waals surface area contributed by atoms with Crippen molar-refractivity contribution < 1.29 is 0 Å². The molecule has 0 spiro atoms. The lowest BCUT2D eigenvalue weighted by atomic mass is 9.92. The quantitative estimate of drug-likeness (QED) is 0.816. The second-order valence-corrected chi connectivity index (χ2v) is 5.15. The molecule has 2 aromatic rings. The summed E-state index contributed by atoms with van der Waals surface area (Å²) >= 11 is 0. The SMILES string of the molecule is Cc1cc(-c2nc3c([nH]2)CC(C)CC3)n(C)n1. The Kier molecular flexibility index (Phi) is 2.31. The van der Waals surface area contributed by atoms with Gasteiger partial charge in [-0.3, -0.25) is 4.68 Å². The normalized spacial score (nSPS) is 19.4. The molecule has 0 radical (unpaired) electrons. The molecular weight excluding hydrogens is 212 g/mol. The summed E-state index contributed by atoms with van der Waals surface area (Å²) in [5.74, 6) is 1.73. The highest BCUT2D eigenvalue weighted by molar-refractivity contribution is 5.52. The van der Waals surface area contributed by atoms with Gasteiger partial charge in [0, 0.05) is 12.7 Å². The molecule has 0 amide bonds. The van der Waals surface area contributed by atoms with Crippen LogP contribution in [-0.4, -0.2) is 19.7 Å². The van der Waals surface area contributed by atoms with Crippen LogP contribution in [0.2, 0.25) is 0 Å². The van der Waals surface area contributed by atoms with Crippen LogP contribution in [0.25, 0.3) is 11.5 Å². The minimum Gasteiger partial charge on any atom is -0.340 e. The molecule has 0 aromatic carbocycles. The van der Waals surface area contributed by atoms with E-state index in [1.54, 1.807) is 0 Å². The van der Waals surface area contributed by atoms with Crippen LogP contribution < -0.4 is 0 Å². The first-order chi connectivity index (χ1) is 8.13. The minimum absolute atomic E-state index is 0.768. The summed E-state index contributed by atoms with van der Waals surface area (Å²) in [5.41, 5.74) is 4.67. The molecule has 4 nitrogen and oxygen atoms in total. The molecule has 17 heavy (non-hydrogen) atoms. The van der Waals surface area contributed by atoms with Gasteiger partial charge in [0.25, 0.3) is 0 Å². The van der Waals surface area contributed by atoms with E-state index in [1.807, 2.05) is 18.7 Å². The second kappa shape index (κ2) is 3.72. The van der Waals surface area contributed by atoms with Gasteiger partial charge in [-0.2, -0.15) is 5.10 Å². The van der Waals surface area contributed by atoms with Crippen molar-refractivity contribution in [3.63, 3.8) is 0 Å². The Hall–Kier alpha value is -1.58. The van der Waals surface area contributed by atoms with Crippen molar-refractivity contribution in [2.24, 2.45) is 13.0 Å². The Labute approximate surface area is 101 Å². The molecule has 90 valence electrons. The molecular formula is C13H18N4. The Balaban J connectivity index is 2.02. The fraction of sp³-hybridized carbons (Fsp3) is 0.538. The molecule has 0 saturated carbocycles. The van der Waals surface area contributed by atoms with E-state index in [0.29, 0.717) is 0 Å². The first-order valence-electron chi connectivity index (χ1n) is 6.22. The summed E-state index contributed by atoms with van der Waals surface area (Å²) in [7, 11) is 1.96. The number of fused-ring (bicyclic) bond motifs is 1. The van der Waals surface area contributed by atoms with Crippen molar-refractivity contribution in [2.75, 3.05) is 0 Å². The predicted octanol–water partition coefficient (Wildman–Crippen LogP) is 2.24. The standard InChI is InChI=1S/C13H18N4/c1-8-4-5-10-11(6-8)15-13(14-10)12-7-9(2)16-17(12)3/h7-8H,4-6H2,1-3H3,(H,14,15). The lowest BCUT2D eigenvalue weighted by molar-refractivity contribution is 0.492. The number of aryl methyl sites for hydroxylation is 3. The Bertz CT molecular complexity index is 550. The lowest BCUT2D eigenvalue weighted by Crippen LogP contribution is -2.10. The molecule has 1 unspecified atom stereocenters. The van der Waals surface area contributed by atoms with Crippen LogP contribution in [0.1, 0.15) is 30.4 Å². The highest BCUT2D eigenvalue weighted by Gasteiger charge is 2.20. The third-order valence-electron chi connectivity index (χ3n) is 3.54. The van der Waals surface area contributed by atoms with Crippen LogP contribution in [0.5, 0.6) is 0 Å². The van der Waals surface area contributed by atoms with Crippen LogP contribution >= 0.6 is 0 Å². The van der Waals surface area contributed by atoms with Crippen LogP contribution in [0.4, 0.5) is 0 Å². The van der Waals surface area contributed by atoms with Crippen LogP contribution in [-0.2, 0) is 19.9 Å². The van der Waals surface area contributed by atoms with Gasteiger partial charge in [0.05, 0.1) is 11.4 Å². The second-order valence-electron chi connectivity index (χ2n) is 5.15. The summed E-state index contributed by atoms with van der Waals surface area (Å²) in [6, 6.07) is 2.08. The van der Waals surface area contributed by atoms with Gasteiger partial charge in [-0.25, -0.2) is 4.98 Å². The molecule has 2 heterocycles. The average molecular weight is 230 g/mol. The van der Waals surface area contributed by atoms with Crippen molar-refractivity contribution in [1.29, 1.82) is 0 Å². The smallest absolute Gasteiger partial charge is 0.156 e. The topological polar surface area (TPSA) is 46.5 Å². The number of imidazole rings is 1. The van der Waals surface area contributed by atoms with E-state index in [-0.39, 0.29) is 0 Å². The molecule has 4 heteroatoms. The van der Waals surface area contributed by atoms with Crippen molar-refractivity contribution in [3.05, 3.63) is 23.1 Å². The van der Waals surface area contributed by atoms with Gasteiger partial charge in [-0.1, -0.05) is 6.92 Å². The zero-order valence-corrected chi connectivity index (χ0v) is 10.6. The molecule has 0 bridgehead atoms. The number of aromatic amines is 1. The first-order valence-corrected chi connectivity index (χ1v) is 6.22. The van der Waals surface area contributed by atoms with Gasteiger partial charge >= 0.3 is 0 Å². The maximum Gasteiger partial charge on any atom is 0.156 e. The zero-order valence-electron chi connectivity index (χ0n) is 10.6. The summed E-state index contributed by atoms with van der Waals surface area (Å²) in [6.45, 7) is 4.31. The van der Waals surface area contributed by atoms with Gasteiger partial charge in [-0.15, -0.1) is 0 Å². The van der Waals surface area contributed by atoms with Gasteiger partial charge in [-0.05, 0) is 38.2 Å². The number of rotatable bonds is 1. The van der Waals surface area contributed by atoms with Crippen molar-refractivity contribution >= 4 is 0 Å². The molecule has 0 saturated heterocycles. The van der Waals surface area contributed by atoms with E-state index >= 15 is 0 Å². The third kappa shape index (κ3) is 1.77. The van der Waals surface area contributed by atoms with Gasteiger partial charge in [0.2, 0.25) is 0 Å². The van der Waals surface area contributed by atoms with Gasteiger partial charge in [0.1, 0.15) is 5.69 Å². The van der Waals surface area contributed by atoms with E-state index in [2.05, 4.69) is 23.1 Å². The van der Waals surface area contributed by atoms with Gasteiger partial charge < -0.3 is 4.98 Å². The van der Waals surface area contributed by atoms with Crippen LogP contribution in [0.3, 0.4) is 0 Å².